The first-order valence-corrected chi connectivity index (χ1v) is 21.5. The zero-order chi connectivity index (χ0) is 38.2. The zero-order valence-corrected chi connectivity index (χ0v) is 36.0. The van der Waals surface area contributed by atoms with Crippen LogP contribution in [0.25, 0.3) is 0 Å². The van der Waals surface area contributed by atoms with Gasteiger partial charge in [0.2, 0.25) is 5.91 Å². The van der Waals surface area contributed by atoms with Gasteiger partial charge >= 0.3 is 6.09 Å². The number of hydrogen-bond acceptors (Lipinski definition) is 6. The molecule has 2 atom stereocenters. The smallest absolute Gasteiger partial charge is 0.410 e. The summed E-state index contributed by atoms with van der Waals surface area (Å²) in [5.41, 5.74) is 4.86. The molecule has 3 aliphatic heterocycles. The van der Waals surface area contributed by atoms with Crippen LogP contribution in [0.5, 0.6) is 0 Å². The molecule has 3 heterocycles. The number of piperazine rings is 1. The highest BCUT2D eigenvalue weighted by atomic mass is 79.9. The minimum atomic E-state index is -0.497. The molecule has 10 heteroatoms. The average Bonchev–Trinajstić information content (AvgIpc) is 3.26. The summed E-state index contributed by atoms with van der Waals surface area (Å²) in [7, 11) is 0. The van der Waals surface area contributed by atoms with Crippen molar-refractivity contribution in [1.29, 1.82) is 0 Å². The van der Waals surface area contributed by atoms with Crippen molar-refractivity contribution < 1.29 is 14.3 Å². The Hall–Kier alpha value is -1.94. The van der Waals surface area contributed by atoms with Crippen molar-refractivity contribution in [2.75, 3.05) is 51.1 Å². The van der Waals surface area contributed by atoms with Gasteiger partial charge in [0.05, 0.1) is 11.7 Å². The van der Waals surface area contributed by atoms with Gasteiger partial charge in [-0.2, -0.15) is 0 Å². The molecule has 3 fully saturated rings. The Morgan fingerprint density at radius 1 is 0.942 bits per heavy atom. The van der Waals surface area contributed by atoms with Crippen molar-refractivity contribution in [3.8, 4) is 0 Å². The molecule has 2 unspecified atom stereocenters. The molecule has 5 rings (SSSR count). The van der Waals surface area contributed by atoms with Crippen LogP contribution in [0.3, 0.4) is 0 Å². The summed E-state index contributed by atoms with van der Waals surface area (Å²) < 4.78 is 5.58. The molecule has 1 aromatic rings. The molecule has 0 radical (unpaired) electrons. The molecule has 292 valence electrons. The van der Waals surface area contributed by atoms with Crippen molar-refractivity contribution in [2.45, 2.75) is 137 Å². The number of likely N-dealkylation sites (tertiary alicyclic amines) is 2. The van der Waals surface area contributed by atoms with Gasteiger partial charge in [-0.1, -0.05) is 75.1 Å². The molecule has 4 aliphatic rings. The summed E-state index contributed by atoms with van der Waals surface area (Å²) in [5, 5.41) is 1.55. The largest absolute Gasteiger partial charge is 0.444 e. The van der Waals surface area contributed by atoms with Gasteiger partial charge in [0, 0.05) is 80.9 Å². The van der Waals surface area contributed by atoms with Crippen LogP contribution in [0.1, 0.15) is 124 Å². The predicted molar refractivity (Wildman–Crippen MR) is 220 cm³/mol. The van der Waals surface area contributed by atoms with Crippen molar-refractivity contribution in [3.05, 3.63) is 45.6 Å². The Labute approximate surface area is 328 Å². The zero-order valence-electron chi connectivity index (χ0n) is 33.6. The fourth-order valence-corrected chi connectivity index (χ4v) is 8.87. The van der Waals surface area contributed by atoms with Crippen molar-refractivity contribution >= 4 is 45.7 Å². The highest BCUT2D eigenvalue weighted by molar-refractivity contribution is 9.09. The molecular formula is C42H67BrClN5O3. The molecule has 1 aliphatic carbocycles. The van der Waals surface area contributed by atoms with Crippen LogP contribution in [-0.4, -0.2) is 107 Å². The van der Waals surface area contributed by atoms with Gasteiger partial charge in [-0.3, -0.25) is 19.6 Å². The number of fused-ring (bicyclic) bond motifs is 1. The maximum atomic E-state index is 13.9. The quantitative estimate of drug-likeness (QED) is 0.203. The van der Waals surface area contributed by atoms with Crippen molar-refractivity contribution in [3.63, 3.8) is 0 Å². The highest BCUT2D eigenvalue weighted by Gasteiger charge is 2.42. The van der Waals surface area contributed by atoms with Crippen LogP contribution in [0.15, 0.2) is 34.5 Å². The number of hydrogen-bond donors (Lipinski definition) is 0. The molecule has 3 saturated heterocycles. The van der Waals surface area contributed by atoms with Crippen LogP contribution in [-0.2, 0) is 16.0 Å². The van der Waals surface area contributed by atoms with Crippen LogP contribution >= 0.6 is 27.5 Å². The Bertz CT molecular complexity index is 1400. The Balaban J connectivity index is 0.00000297. The maximum Gasteiger partial charge on any atom is 0.410 e. The van der Waals surface area contributed by atoms with E-state index < -0.39 is 5.60 Å². The van der Waals surface area contributed by atoms with E-state index >= 15 is 0 Å². The van der Waals surface area contributed by atoms with E-state index in [1.165, 1.54) is 22.4 Å². The third-order valence-corrected chi connectivity index (χ3v) is 11.8. The number of aryl methyl sites for hydroxylation is 1. The first-order valence-electron chi connectivity index (χ1n) is 20.0. The van der Waals surface area contributed by atoms with E-state index in [9.17, 15) is 9.59 Å². The molecular weight excluding hydrogens is 738 g/mol. The van der Waals surface area contributed by atoms with Crippen molar-refractivity contribution in [2.24, 2.45) is 16.3 Å². The second kappa shape index (κ2) is 19.1. The molecule has 0 aromatic heterocycles. The van der Waals surface area contributed by atoms with Gasteiger partial charge in [0.15, 0.2) is 0 Å². The first kappa shape index (κ1) is 42.8. The van der Waals surface area contributed by atoms with Crippen LogP contribution in [0, 0.1) is 11.3 Å². The summed E-state index contributed by atoms with van der Waals surface area (Å²) in [4.78, 5) is 40.9. The lowest BCUT2D eigenvalue weighted by Crippen LogP contribution is -2.62. The highest BCUT2D eigenvalue weighted by Crippen LogP contribution is 2.42. The van der Waals surface area contributed by atoms with E-state index in [-0.39, 0.29) is 29.5 Å². The van der Waals surface area contributed by atoms with Gasteiger partial charge in [0.25, 0.3) is 0 Å². The van der Waals surface area contributed by atoms with Gasteiger partial charge in [-0.05, 0) is 106 Å². The molecule has 0 saturated carbocycles. The number of halogens is 2. The SMILES string of the molecule is CC.CCC1=C(N=CCBr)C(N2CCC(N3CCN(C(=O)CC4CCN(C(=O)OC(C)(C)C)CC4)C(C(C)(C)C)C3)CC2)c2ccc(Cl)cc2CC1. The van der Waals surface area contributed by atoms with Gasteiger partial charge in [-0.25, -0.2) is 4.79 Å². The first-order chi connectivity index (χ1) is 24.7. The fraction of sp³-hybridized carbons (Fsp3) is 0.738. The lowest BCUT2D eigenvalue weighted by molar-refractivity contribution is -0.142. The third-order valence-electron chi connectivity index (χ3n) is 11.3. The number of alkyl halides is 1. The summed E-state index contributed by atoms with van der Waals surface area (Å²) >= 11 is 10.1. The van der Waals surface area contributed by atoms with E-state index in [0.717, 1.165) is 88.0 Å². The number of piperidine rings is 2. The minimum absolute atomic E-state index is 0.0237. The second-order valence-electron chi connectivity index (χ2n) is 16.9. The average molecular weight is 805 g/mol. The second-order valence-corrected chi connectivity index (χ2v) is 18.0. The Kier molecular flexibility index (Phi) is 15.7. The van der Waals surface area contributed by atoms with E-state index in [0.29, 0.717) is 31.5 Å². The summed E-state index contributed by atoms with van der Waals surface area (Å²) in [6.07, 6.45) is 9.27. The number of aliphatic imine (C=N–C) groups is 1. The fourth-order valence-electron chi connectivity index (χ4n) is 8.53. The summed E-state index contributed by atoms with van der Waals surface area (Å²) in [6.45, 7) is 24.8. The van der Waals surface area contributed by atoms with E-state index in [4.69, 9.17) is 21.3 Å². The number of nitrogens with zero attached hydrogens (tertiary/aromatic N) is 5. The van der Waals surface area contributed by atoms with E-state index in [2.05, 4.69) is 70.5 Å². The lowest BCUT2D eigenvalue weighted by Gasteiger charge is -2.51. The number of ether oxygens (including phenoxy) is 1. The predicted octanol–water partition coefficient (Wildman–Crippen LogP) is 9.54. The van der Waals surface area contributed by atoms with Crippen LogP contribution in [0.4, 0.5) is 4.79 Å². The third kappa shape index (κ3) is 11.1. The molecule has 0 bridgehead atoms. The molecule has 52 heavy (non-hydrogen) atoms. The minimum Gasteiger partial charge on any atom is -0.444 e. The van der Waals surface area contributed by atoms with Crippen LogP contribution < -0.4 is 0 Å². The number of carbonyl (C=O) groups is 2. The number of allylic oxidation sites excluding steroid dienone is 1. The molecule has 2 amide bonds. The number of benzene rings is 1. The van der Waals surface area contributed by atoms with Crippen molar-refractivity contribution in [1.82, 2.24) is 19.6 Å². The van der Waals surface area contributed by atoms with E-state index in [1.54, 1.807) is 4.90 Å². The van der Waals surface area contributed by atoms with Crippen LogP contribution in [0.2, 0.25) is 5.02 Å². The number of carbonyl (C=O) groups excluding carboxylic acids is 2. The summed E-state index contributed by atoms with van der Waals surface area (Å²) in [6, 6.07) is 7.27. The number of rotatable bonds is 7. The number of amides is 2. The maximum absolute atomic E-state index is 13.9. The van der Waals surface area contributed by atoms with Gasteiger partial charge in [0.1, 0.15) is 5.60 Å². The topological polar surface area (TPSA) is 68.7 Å². The molecule has 8 nitrogen and oxygen atoms in total. The lowest BCUT2D eigenvalue weighted by atomic mass is 9.82. The summed E-state index contributed by atoms with van der Waals surface area (Å²) in [5.74, 6) is 0.581. The Morgan fingerprint density at radius 3 is 2.21 bits per heavy atom. The monoisotopic (exact) mass is 803 g/mol. The molecule has 0 spiro atoms. The molecule has 1 aromatic carbocycles. The van der Waals surface area contributed by atoms with E-state index in [1.807, 2.05) is 46.9 Å². The standard InChI is InChI=1S/C40H61BrClN5O3.C2H6/c1-8-29-9-10-30-26-31(42)11-12-33(30)37(36(29)43-18-17-41)44-21-15-32(16-22-44)46-23-24-47(34(27-46)39(2,3)4)35(48)25-28-13-19-45(20-14-28)38(49)50-40(5,6)7;1-2/h11-12,18,26,28,32,34,37H,8-10,13-17,19-25,27H2,1-7H3;1-2H3. The normalized spacial score (nSPS) is 23.3. The van der Waals surface area contributed by atoms with Gasteiger partial charge in [-0.15, -0.1) is 0 Å². The Morgan fingerprint density at radius 2 is 1.62 bits per heavy atom. The van der Waals surface area contributed by atoms with Gasteiger partial charge < -0.3 is 14.5 Å². The molecule has 0 N–H and O–H groups in total.